The van der Waals surface area contributed by atoms with Crippen LogP contribution in [0.2, 0.25) is 0 Å². The van der Waals surface area contributed by atoms with Crippen molar-refractivity contribution in [1.29, 1.82) is 0 Å². The lowest BCUT2D eigenvalue weighted by atomic mass is 9.93. The monoisotopic (exact) mass is 185 g/mol. The summed E-state index contributed by atoms with van der Waals surface area (Å²) in [5, 5.41) is 9.22. The summed E-state index contributed by atoms with van der Waals surface area (Å²) in [6.07, 6.45) is 3.75. The predicted octanol–water partition coefficient (Wildman–Crippen LogP) is 1.88. The quantitative estimate of drug-likeness (QED) is 0.710. The van der Waals surface area contributed by atoms with Crippen molar-refractivity contribution in [1.82, 2.24) is 4.90 Å². The van der Waals surface area contributed by atoms with Gasteiger partial charge < -0.3 is 5.11 Å². The molecule has 1 N–H and O–H groups in total. The number of hydrogen-bond donors (Lipinski definition) is 1. The van der Waals surface area contributed by atoms with Gasteiger partial charge in [-0.05, 0) is 24.8 Å². The zero-order chi connectivity index (χ0) is 9.90. The third-order valence-corrected chi connectivity index (χ3v) is 2.64. The Hall–Kier alpha value is -0.0800. The van der Waals surface area contributed by atoms with E-state index in [0.717, 1.165) is 6.54 Å². The van der Waals surface area contributed by atoms with Gasteiger partial charge in [0.05, 0.1) is 6.61 Å². The molecule has 0 aliphatic carbocycles. The third kappa shape index (κ3) is 3.65. The summed E-state index contributed by atoms with van der Waals surface area (Å²) in [4.78, 5) is 2.45. The fourth-order valence-electron chi connectivity index (χ4n) is 2.08. The van der Waals surface area contributed by atoms with E-state index in [0.29, 0.717) is 18.1 Å². The molecule has 78 valence electrons. The minimum Gasteiger partial charge on any atom is -0.395 e. The van der Waals surface area contributed by atoms with E-state index in [-0.39, 0.29) is 0 Å². The molecule has 1 aliphatic rings. The normalized spacial score (nSPS) is 26.3. The van der Waals surface area contributed by atoms with Crippen molar-refractivity contribution in [2.24, 2.45) is 5.41 Å². The van der Waals surface area contributed by atoms with E-state index in [1.807, 2.05) is 0 Å². The highest BCUT2D eigenvalue weighted by Gasteiger charge is 2.25. The van der Waals surface area contributed by atoms with Gasteiger partial charge in [0, 0.05) is 12.6 Å². The zero-order valence-corrected chi connectivity index (χ0v) is 9.21. The van der Waals surface area contributed by atoms with Gasteiger partial charge in [-0.15, -0.1) is 0 Å². The highest BCUT2D eigenvalue weighted by atomic mass is 16.3. The number of hydrogen-bond acceptors (Lipinski definition) is 2. The molecule has 1 rings (SSSR count). The second kappa shape index (κ2) is 4.43. The summed E-state index contributed by atoms with van der Waals surface area (Å²) in [5.74, 6) is 0. The molecule has 0 radical (unpaired) electrons. The highest BCUT2D eigenvalue weighted by Crippen LogP contribution is 2.22. The molecule has 1 heterocycles. The lowest BCUT2D eigenvalue weighted by Gasteiger charge is -2.38. The SMILES string of the molecule is CC(C)(C)CN1CCCCC1CO. The molecule has 1 atom stereocenters. The smallest absolute Gasteiger partial charge is 0.0586 e. The van der Waals surface area contributed by atoms with Crippen LogP contribution in [0.5, 0.6) is 0 Å². The first kappa shape index (κ1) is 11.0. The van der Waals surface area contributed by atoms with Crippen molar-refractivity contribution >= 4 is 0 Å². The highest BCUT2D eigenvalue weighted by molar-refractivity contribution is 4.79. The van der Waals surface area contributed by atoms with Crippen molar-refractivity contribution in [3.63, 3.8) is 0 Å². The molecule has 2 heteroatoms. The molecule has 1 fully saturated rings. The van der Waals surface area contributed by atoms with Gasteiger partial charge in [0.2, 0.25) is 0 Å². The first-order valence-corrected chi connectivity index (χ1v) is 5.38. The van der Waals surface area contributed by atoms with Crippen molar-refractivity contribution in [2.45, 2.75) is 46.1 Å². The van der Waals surface area contributed by atoms with Gasteiger partial charge in [-0.2, -0.15) is 0 Å². The maximum atomic E-state index is 9.22. The zero-order valence-electron chi connectivity index (χ0n) is 9.21. The number of nitrogens with zero attached hydrogens (tertiary/aromatic N) is 1. The lowest BCUT2D eigenvalue weighted by molar-refractivity contribution is 0.0624. The molecule has 1 aliphatic heterocycles. The Labute approximate surface area is 81.9 Å². The van der Waals surface area contributed by atoms with Gasteiger partial charge in [-0.3, -0.25) is 4.90 Å². The van der Waals surface area contributed by atoms with E-state index < -0.39 is 0 Å². The molecule has 1 unspecified atom stereocenters. The average Bonchev–Trinajstić information content (AvgIpc) is 2.02. The van der Waals surface area contributed by atoms with E-state index in [1.165, 1.54) is 25.8 Å². The van der Waals surface area contributed by atoms with E-state index in [2.05, 4.69) is 25.7 Å². The fourth-order valence-corrected chi connectivity index (χ4v) is 2.08. The molecular formula is C11H23NO. The van der Waals surface area contributed by atoms with Gasteiger partial charge >= 0.3 is 0 Å². The Bertz CT molecular complexity index is 151. The van der Waals surface area contributed by atoms with Crippen molar-refractivity contribution in [3.05, 3.63) is 0 Å². The molecule has 0 spiro atoms. The topological polar surface area (TPSA) is 23.5 Å². The van der Waals surface area contributed by atoms with Crippen LogP contribution in [0.4, 0.5) is 0 Å². The number of aliphatic hydroxyl groups excluding tert-OH is 1. The van der Waals surface area contributed by atoms with Crippen molar-refractivity contribution in [2.75, 3.05) is 19.7 Å². The molecular weight excluding hydrogens is 162 g/mol. The Kier molecular flexibility index (Phi) is 3.74. The third-order valence-electron chi connectivity index (χ3n) is 2.64. The Morgan fingerprint density at radius 2 is 2.00 bits per heavy atom. The first-order chi connectivity index (χ1) is 6.03. The average molecular weight is 185 g/mol. The van der Waals surface area contributed by atoms with E-state index in [9.17, 15) is 5.11 Å². The van der Waals surface area contributed by atoms with Crippen LogP contribution < -0.4 is 0 Å². The molecule has 1 saturated heterocycles. The lowest BCUT2D eigenvalue weighted by Crippen LogP contribution is -2.45. The number of likely N-dealkylation sites (tertiary alicyclic amines) is 1. The van der Waals surface area contributed by atoms with E-state index in [4.69, 9.17) is 0 Å². The van der Waals surface area contributed by atoms with Crippen LogP contribution in [-0.4, -0.2) is 35.7 Å². The summed E-state index contributed by atoms with van der Waals surface area (Å²) in [5.41, 5.74) is 0.352. The van der Waals surface area contributed by atoms with Crippen molar-refractivity contribution in [3.8, 4) is 0 Å². The van der Waals surface area contributed by atoms with Gasteiger partial charge in [0.15, 0.2) is 0 Å². The summed E-state index contributed by atoms with van der Waals surface area (Å²) >= 11 is 0. The molecule has 2 nitrogen and oxygen atoms in total. The second-order valence-electron chi connectivity index (χ2n) is 5.36. The molecule has 0 bridgehead atoms. The largest absolute Gasteiger partial charge is 0.395 e. The summed E-state index contributed by atoms with van der Waals surface area (Å²) in [6.45, 7) is 9.39. The molecule has 0 amide bonds. The van der Waals surface area contributed by atoms with Crippen LogP contribution in [0.1, 0.15) is 40.0 Å². The number of piperidine rings is 1. The van der Waals surface area contributed by atoms with Crippen LogP contribution in [0.25, 0.3) is 0 Å². The predicted molar refractivity (Wildman–Crippen MR) is 55.8 cm³/mol. The Balaban J connectivity index is 2.45. The van der Waals surface area contributed by atoms with E-state index >= 15 is 0 Å². The molecule has 0 aromatic heterocycles. The summed E-state index contributed by atoms with van der Waals surface area (Å²) in [7, 11) is 0. The molecule has 0 aromatic rings. The summed E-state index contributed by atoms with van der Waals surface area (Å²) in [6, 6.07) is 0.424. The Morgan fingerprint density at radius 1 is 1.31 bits per heavy atom. The van der Waals surface area contributed by atoms with Crippen LogP contribution in [0, 0.1) is 5.41 Å². The van der Waals surface area contributed by atoms with Crippen molar-refractivity contribution < 1.29 is 5.11 Å². The minimum absolute atomic E-state index is 0.329. The maximum Gasteiger partial charge on any atom is 0.0586 e. The number of rotatable bonds is 2. The standard InChI is InChI=1S/C11H23NO/c1-11(2,3)9-12-7-5-4-6-10(12)8-13/h10,13H,4-9H2,1-3H3. The molecule has 0 aromatic carbocycles. The first-order valence-electron chi connectivity index (χ1n) is 5.38. The fraction of sp³-hybridized carbons (Fsp3) is 1.00. The number of aliphatic hydroxyl groups is 1. The van der Waals surface area contributed by atoms with Gasteiger partial charge in [0.25, 0.3) is 0 Å². The molecule has 0 saturated carbocycles. The second-order valence-corrected chi connectivity index (χ2v) is 5.36. The summed E-state index contributed by atoms with van der Waals surface area (Å²) < 4.78 is 0. The van der Waals surface area contributed by atoms with Crippen LogP contribution in [-0.2, 0) is 0 Å². The van der Waals surface area contributed by atoms with Crippen LogP contribution in [0.15, 0.2) is 0 Å². The maximum absolute atomic E-state index is 9.22. The minimum atomic E-state index is 0.329. The van der Waals surface area contributed by atoms with Crippen LogP contribution in [0.3, 0.4) is 0 Å². The van der Waals surface area contributed by atoms with Crippen LogP contribution >= 0.6 is 0 Å². The Morgan fingerprint density at radius 3 is 2.54 bits per heavy atom. The van der Waals surface area contributed by atoms with Gasteiger partial charge in [0.1, 0.15) is 0 Å². The van der Waals surface area contributed by atoms with E-state index in [1.54, 1.807) is 0 Å². The van der Waals surface area contributed by atoms with Gasteiger partial charge in [-0.25, -0.2) is 0 Å². The van der Waals surface area contributed by atoms with Gasteiger partial charge in [-0.1, -0.05) is 27.2 Å². The molecule has 13 heavy (non-hydrogen) atoms.